The second-order valence-corrected chi connectivity index (χ2v) is 6.06. The smallest absolute Gasteiger partial charge is 0.146 e. The number of aryl methyl sites for hydroxylation is 1. The minimum atomic E-state index is 0.0750. The molecule has 0 aliphatic rings. The van der Waals surface area contributed by atoms with E-state index in [9.17, 15) is 4.79 Å². The summed E-state index contributed by atoms with van der Waals surface area (Å²) >= 11 is 6.14. The lowest BCUT2D eigenvalue weighted by molar-refractivity contribution is -0.116. The van der Waals surface area contributed by atoms with Crippen molar-refractivity contribution in [1.82, 2.24) is 0 Å². The van der Waals surface area contributed by atoms with Crippen LogP contribution in [0.2, 0.25) is 5.02 Å². The van der Waals surface area contributed by atoms with Gasteiger partial charge >= 0.3 is 0 Å². The van der Waals surface area contributed by atoms with Crippen molar-refractivity contribution in [2.45, 2.75) is 20.3 Å². The van der Waals surface area contributed by atoms with Gasteiger partial charge in [0.05, 0.1) is 11.8 Å². The van der Waals surface area contributed by atoms with Crippen molar-refractivity contribution >= 4 is 50.1 Å². The number of Topliss-reactive ketones (excluding diaryl/α,β-unsaturated/α-hetero) is 1. The summed E-state index contributed by atoms with van der Waals surface area (Å²) in [6, 6.07) is 9.61. The van der Waals surface area contributed by atoms with Gasteiger partial charge in [0.2, 0.25) is 0 Å². The van der Waals surface area contributed by atoms with Gasteiger partial charge < -0.3 is 8.83 Å². The maximum absolute atomic E-state index is 11.4. The fourth-order valence-corrected chi connectivity index (χ4v) is 3.17. The van der Waals surface area contributed by atoms with Crippen molar-refractivity contribution in [3.05, 3.63) is 46.9 Å². The first-order valence-corrected chi connectivity index (χ1v) is 7.44. The molecule has 4 heteroatoms. The van der Waals surface area contributed by atoms with Crippen LogP contribution in [0.1, 0.15) is 18.4 Å². The highest BCUT2D eigenvalue weighted by atomic mass is 35.5. The standard InChI is InChI=1S/C18H13ClO3/c1-9(20)5-12-8-15-13-4-3-11(19)7-14(13)17-16(18(15)22-12)6-10(2)21-17/h3-4,6-8H,5H2,1-2H3. The zero-order chi connectivity index (χ0) is 15.4. The Kier molecular flexibility index (Phi) is 2.81. The first-order chi connectivity index (χ1) is 10.5. The summed E-state index contributed by atoms with van der Waals surface area (Å²) < 4.78 is 11.8. The van der Waals surface area contributed by atoms with Gasteiger partial charge in [0.1, 0.15) is 28.5 Å². The molecular formula is C18H13ClO3. The van der Waals surface area contributed by atoms with Gasteiger partial charge in [-0.2, -0.15) is 0 Å². The van der Waals surface area contributed by atoms with Gasteiger partial charge in [0, 0.05) is 15.8 Å². The minimum Gasteiger partial charge on any atom is -0.461 e. The van der Waals surface area contributed by atoms with E-state index >= 15 is 0 Å². The number of fused-ring (bicyclic) bond motifs is 6. The number of halogens is 1. The summed E-state index contributed by atoms with van der Waals surface area (Å²) in [5.74, 6) is 1.56. The summed E-state index contributed by atoms with van der Waals surface area (Å²) in [5.41, 5.74) is 1.53. The highest BCUT2D eigenvalue weighted by molar-refractivity contribution is 6.32. The number of hydrogen-bond acceptors (Lipinski definition) is 3. The first-order valence-electron chi connectivity index (χ1n) is 7.06. The number of carbonyl (C=O) groups excluding carboxylic acids is 1. The zero-order valence-electron chi connectivity index (χ0n) is 12.2. The molecule has 0 aliphatic heterocycles. The molecule has 0 fully saturated rings. The van der Waals surface area contributed by atoms with E-state index in [-0.39, 0.29) is 5.78 Å². The lowest BCUT2D eigenvalue weighted by Gasteiger charge is -2.01. The summed E-state index contributed by atoms with van der Waals surface area (Å²) in [7, 11) is 0. The summed E-state index contributed by atoms with van der Waals surface area (Å²) in [4.78, 5) is 11.4. The number of hydrogen-bond donors (Lipinski definition) is 0. The Morgan fingerprint density at radius 3 is 2.50 bits per heavy atom. The molecule has 2 aromatic heterocycles. The van der Waals surface area contributed by atoms with E-state index in [0.29, 0.717) is 17.2 Å². The summed E-state index contributed by atoms with van der Waals surface area (Å²) in [6.07, 6.45) is 0.294. The molecule has 2 aromatic carbocycles. The second-order valence-electron chi connectivity index (χ2n) is 5.62. The molecule has 0 radical (unpaired) electrons. The highest BCUT2D eigenvalue weighted by Gasteiger charge is 2.17. The van der Waals surface area contributed by atoms with Crippen LogP contribution in [0.25, 0.3) is 32.7 Å². The van der Waals surface area contributed by atoms with Crippen LogP contribution in [-0.4, -0.2) is 5.78 Å². The van der Waals surface area contributed by atoms with Crippen molar-refractivity contribution < 1.29 is 13.6 Å². The fourth-order valence-electron chi connectivity index (χ4n) is 3.00. The largest absolute Gasteiger partial charge is 0.461 e. The molecule has 4 rings (SSSR count). The number of benzene rings is 2. The Hall–Kier alpha value is -2.26. The van der Waals surface area contributed by atoms with Crippen molar-refractivity contribution in [2.75, 3.05) is 0 Å². The monoisotopic (exact) mass is 312 g/mol. The van der Waals surface area contributed by atoms with E-state index in [4.69, 9.17) is 20.4 Å². The molecule has 0 saturated heterocycles. The van der Waals surface area contributed by atoms with Gasteiger partial charge in [0.25, 0.3) is 0 Å². The van der Waals surface area contributed by atoms with E-state index in [0.717, 1.165) is 38.5 Å². The number of furan rings is 2. The van der Waals surface area contributed by atoms with E-state index in [1.54, 1.807) is 6.92 Å². The van der Waals surface area contributed by atoms with Crippen LogP contribution in [0.15, 0.2) is 39.2 Å². The first kappa shape index (κ1) is 13.4. The molecule has 0 bridgehead atoms. The SMILES string of the molecule is CC(=O)Cc1cc2c3ccc(Cl)cc3c3oc(C)cc3c2o1. The summed E-state index contributed by atoms with van der Waals surface area (Å²) in [6.45, 7) is 3.46. The molecular weight excluding hydrogens is 300 g/mol. The van der Waals surface area contributed by atoms with Crippen molar-refractivity contribution in [3.63, 3.8) is 0 Å². The Morgan fingerprint density at radius 1 is 1.00 bits per heavy atom. The van der Waals surface area contributed by atoms with Crippen LogP contribution >= 0.6 is 11.6 Å². The molecule has 0 spiro atoms. The number of carbonyl (C=O) groups is 1. The normalized spacial score (nSPS) is 11.8. The Balaban J connectivity index is 2.20. The van der Waals surface area contributed by atoms with Crippen LogP contribution in [0.5, 0.6) is 0 Å². The fraction of sp³-hybridized carbons (Fsp3) is 0.167. The van der Waals surface area contributed by atoms with Gasteiger partial charge in [-0.05, 0) is 43.5 Å². The average Bonchev–Trinajstić information content (AvgIpc) is 3.01. The van der Waals surface area contributed by atoms with E-state index in [2.05, 4.69) is 0 Å². The van der Waals surface area contributed by atoms with Crippen LogP contribution in [0.3, 0.4) is 0 Å². The Bertz CT molecular complexity index is 1050. The maximum atomic E-state index is 11.4. The lowest BCUT2D eigenvalue weighted by atomic mass is 10.0. The highest BCUT2D eigenvalue weighted by Crippen LogP contribution is 2.39. The second kappa shape index (κ2) is 4.62. The minimum absolute atomic E-state index is 0.0750. The molecule has 0 amide bonds. The lowest BCUT2D eigenvalue weighted by Crippen LogP contribution is -1.93. The van der Waals surface area contributed by atoms with Crippen LogP contribution < -0.4 is 0 Å². The third-order valence-electron chi connectivity index (χ3n) is 3.82. The van der Waals surface area contributed by atoms with E-state index in [1.165, 1.54) is 0 Å². The predicted octanol–water partition coefficient (Wildman–Crippen LogP) is 5.43. The van der Waals surface area contributed by atoms with Crippen molar-refractivity contribution in [1.29, 1.82) is 0 Å². The zero-order valence-corrected chi connectivity index (χ0v) is 13.0. The third-order valence-corrected chi connectivity index (χ3v) is 4.06. The van der Waals surface area contributed by atoms with Gasteiger partial charge in [-0.3, -0.25) is 4.79 Å². The maximum Gasteiger partial charge on any atom is 0.146 e. The Labute approximate surface area is 131 Å². The molecule has 0 N–H and O–H groups in total. The Morgan fingerprint density at radius 2 is 1.73 bits per heavy atom. The van der Waals surface area contributed by atoms with Gasteiger partial charge in [-0.1, -0.05) is 17.7 Å². The van der Waals surface area contributed by atoms with Crippen LogP contribution in [-0.2, 0) is 11.2 Å². The molecule has 110 valence electrons. The third kappa shape index (κ3) is 1.93. The number of ketones is 1. The van der Waals surface area contributed by atoms with Crippen molar-refractivity contribution in [2.24, 2.45) is 0 Å². The predicted molar refractivity (Wildman–Crippen MR) is 87.6 cm³/mol. The van der Waals surface area contributed by atoms with Gasteiger partial charge in [-0.15, -0.1) is 0 Å². The van der Waals surface area contributed by atoms with Crippen LogP contribution in [0, 0.1) is 6.92 Å². The molecule has 22 heavy (non-hydrogen) atoms. The van der Waals surface area contributed by atoms with Gasteiger partial charge in [-0.25, -0.2) is 0 Å². The van der Waals surface area contributed by atoms with Gasteiger partial charge in [0.15, 0.2) is 0 Å². The summed E-state index contributed by atoms with van der Waals surface area (Å²) in [5, 5.41) is 4.53. The number of rotatable bonds is 2. The molecule has 2 heterocycles. The van der Waals surface area contributed by atoms with Crippen molar-refractivity contribution in [3.8, 4) is 0 Å². The van der Waals surface area contributed by atoms with Crippen LogP contribution in [0.4, 0.5) is 0 Å². The molecule has 4 aromatic rings. The topological polar surface area (TPSA) is 43.4 Å². The quantitative estimate of drug-likeness (QED) is 0.496. The molecule has 0 saturated carbocycles. The molecule has 0 aliphatic carbocycles. The molecule has 0 atom stereocenters. The molecule has 3 nitrogen and oxygen atoms in total. The van der Waals surface area contributed by atoms with E-state index in [1.807, 2.05) is 37.3 Å². The average molecular weight is 313 g/mol. The van der Waals surface area contributed by atoms with E-state index < -0.39 is 0 Å². The molecule has 0 unspecified atom stereocenters.